The van der Waals surface area contributed by atoms with Crippen LogP contribution in [-0.4, -0.2) is 50.9 Å². The van der Waals surface area contributed by atoms with Crippen LogP contribution >= 0.6 is 0 Å². The number of unbranched alkanes of at least 4 members (excludes halogenated alkanes) is 1. The molecule has 28 heavy (non-hydrogen) atoms. The van der Waals surface area contributed by atoms with E-state index in [0.717, 1.165) is 11.2 Å². The topological polar surface area (TPSA) is 68.2 Å². The largest absolute Gasteiger partial charge is 0.488 e. The second kappa shape index (κ2) is 9.84. The van der Waals surface area contributed by atoms with E-state index in [1.165, 1.54) is 12.8 Å². The summed E-state index contributed by atoms with van der Waals surface area (Å²) < 4.78 is 19.8. The summed E-state index contributed by atoms with van der Waals surface area (Å²) in [6.45, 7) is 19.6. The fraction of sp³-hybridized carbons (Fsp3) is 0.667. The molecule has 0 bridgehead atoms. The molecule has 0 aliphatic carbocycles. The number of hydrogen-bond acceptors (Lipinski definition) is 5. The lowest BCUT2D eigenvalue weighted by Gasteiger charge is -2.41. The van der Waals surface area contributed by atoms with Gasteiger partial charge in [-0.05, 0) is 69.1 Å². The van der Waals surface area contributed by atoms with E-state index in [4.69, 9.17) is 12.3 Å². The van der Waals surface area contributed by atoms with Crippen molar-refractivity contribution < 1.29 is 22.4 Å². The summed E-state index contributed by atoms with van der Waals surface area (Å²) in [4.78, 5) is 0. The molecule has 0 saturated heterocycles. The van der Waals surface area contributed by atoms with Crippen LogP contribution in [-0.2, 0) is 12.3 Å². The van der Waals surface area contributed by atoms with E-state index in [-0.39, 0.29) is 0 Å². The zero-order valence-corrected chi connectivity index (χ0v) is 23.1. The molecule has 0 aromatic heterocycles. The molecule has 0 radical (unpaired) electrons. The molecule has 10 heteroatoms. The van der Waals surface area contributed by atoms with Crippen molar-refractivity contribution in [1.29, 1.82) is 0 Å². The summed E-state index contributed by atoms with van der Waals surface area (Å²) in [7, 11) is -10.1. The van der Waals surface area contributed by atoms with Gasteiger partial charge in [-0.25, -0.2) is 0 Å². The molecule has 0 aliphatic rings. The Morgan fingerprint density at radius 2 is 1.29 bits per heavy atom. The third-order valence-electron chi connectivity index (χ3n) is 4.55. The molecule has 5 nitrogen and oxygen atoms in total. The van der Waals surface area contributed by atoms with Crippen LogP contribution in [0.1, 0.15) is 19.8 Å². The van der Waals surface area contributed by atoms with Crippen LogP contribution in [0.4, 0.5) is 0 Å². The van der Waals surface area contributed by atoms with Gasteiger partial charge in [0.15, 0.2) is 8.32 Å². The first kappa shape index (κ1) is 26.0. The van der Waals surface area contributed by atoms with Gasteiger partial charge in [0, 0.05) is 0 Å². The first-order valence-corrected chi connectivity index (χ1v) is 21.8. The second-order valence-electron chi connectivity index (χ2n) is 9.48. The monoisotopic (exact) mass is 458 g/mol. The van der Waals surface area contributed by atoms with Gasteiger partial charge in [0.2, 0.25) is 8.32 Å². The minimum atomic E-state index is -2.40. The van der Waals surface area contributed by atoms with Crippen LogP contribution in [0.2, 0.25) is 58.4 Å². The van der Waals surface area contributed by atoms with Crippen molar-refractivity contribution in [3.8, 4) is 0 Å². The molecule has 0 amide bonds. The number of rotatable bonds is 11. The fourth-order valence-electron chi connectivity index (χ4n) is 3.68. The molecule has 0 saturated carbocycles. The Morgan fingerprint density at radius 3 is 1.75 bits per heavy atom. The Hall–Kier alpha value is -0.0475. The summed E-state index contributed by atoms with van der Waals surface area (Å²) >= 11 is 0. The highest BCUT2D eigenvalue weighted by atomic mass is 28.5. The van der Waals surface area contributed by atoms with Gasteiger partial charge >= 0.3 is 24.2 Å². The number of benzene rings is 1. The first-order valence-electron chi connectivity index (χ1n) is 10.2. The normalized spacial score (nSPS) is 13.7. The smallest absolute Gasteiger partial charge is 0.436 e. The molecule has 1 aromatic carbocycles. The van der Waals surface area contributed by atoms with Gasteiger partial charge < -0.3 is 22.4 Å². The average molecular weight is 459 g/mol. The number of hydrogen-bond donors (Lipinski definition) is 2. The quantitative estimate of drug-likeness (QED) is 0.499. The molecule has 1 rings (SSSR count). The predicted molar refractivity (Wildman–Crippen MR) is 129 cm³/mol. The zero-order chi connectivity index (χ0) is 21.8. The summed E-state index contributed by atoms with van der Waals surface area (Å²) in [5, 5.41) is 19.7. The van der Waals surface area contributed by atoms with Crippen molar-refractivity contribution in [3.05, 3.63) is 24.3 Å². The van der Waals surface area contributed by atoms with Crippen molar-refractivity contribution in [1.82, 2.24) is 0 Å². The van der Waals surface area contributed by atoms with E-state index in [1.54, 1.807) is 12.1 Å². The van der Waals surface area contributed by atoms with Crippen LogP contribution < -0.4 is 10.6 Å². The predicted octanol–water partition coefficient (Wildman–Crippen LogP) is 3.24. The van der Waals surface area contributed by atoms with Gasteiger partial charge in [-0.1, -0.05) is 44.0 Å². The van der Waals surface area contributed by atoms with Crippen LogP contribution in [0.5, 0.6) is 0 Å². The van der Waals surface area contributed by atoms with E-state index >= 15 is 0 Å². The Balaban J connectivity index is 2.84. The molecule has 0 heterocycles. The maximum absolute atomic E-state index is 9.29. The van der Waals surface area contributed by atoms with E-state index in [0.29, 0.717) is 5.46 Å². The fourth-order valence-corrected chi connectivity index (χ4v) is 22.8. The van der Waals surface area contributed by atoms with E-state index in [1.807, 2.05) is 12.1 Å². The Labute approximate surface area is 176 Å². The van der Waals surface area contributed by atoms with E-state index in [2.05, 4.69) is 59.3 Å². The van der Waals surface area contributed by atoms with Crippen molar-refractivity contribution in [3.63, 3.8) is 0 Å². The molecular weight excluding hydrogens is 419 g/mol. The Morgan fingerprint density at radius 1 is 0.786 bits per heavy atom. The molecular formula is C18H39BO5Si4. The van der Waals surface area contributed by atoms with Crippen LogP contribution in [0.25, 0.3) is 0 Å². The third kappa shape index (κ3) is 8.76. The van der Waals surface area contributed by atoms with E-state index in [9.17, 15) is 10.0 Å². The zero-order valence-electron chi connectivity index (χ0n) is 19.1. The molecule has 0 unspecified atom stereocenters. The minimum absolute atomic E-state index is 0.488. The molecule has 0 spiro atoms. The van der Waals surface area contributed by atoms with Gasteiger partial charge in [-0.3, -0.25) is 0 Å². The highest BCUT2D eigenvalue weighted by Gasteiger charge is 2.43. The van der Waals surface area contributed by atoms with Gasteiger partial charge in [0.1, 0.15) is 0 Å². The lowest BCUT2D eigenvalue weighted by Crippen LogP contribution is -2.59. The van der Waals surface area contributed by atoms with Crippen LogP contribution in [0.3, 0.4) is 0 Å². The van der Waals surface area contributed by atoms with Crippen LogP contribution in [0, 0.1) is 0 Å². The lowest BCUT2D eigenvalue weighted by atomic mass is 9.81. The van der Waals surface area contributed by atoms with E-state index < -0.39 is 40.9 Å². The summed E-state index contributed by atoms with van der Waals surface area (Å²) in [5.41, 5.74) is 0.488. The molecule has 0 aliphatic heterocycles. The summed E-state index contributed by atoms with van der Waals surface area (Å²) in [6, 6.07) is 8.53. The maximum atomic E-state index is 9.29. The standard InChI is InChI=1S/C18H39BO5Si4/c1-10-11-16-25(2,3)22-27(6,7)24-28(8,9)23-26(4,5)18-14-12-17(13-15-18)19(20)21/h12-15,20-21H,10-11,16H2,1-9H3. The summed E-state index contributed by atoms with van der Waals surface area (Å²) in [5.74, 6) is 0. The van der Waals surface area contributed by atoms with Gasteiger partial charge in [0.25, 0.3) is 0 Å². The maximum Gasteiger partial charge on any atom is 0.488 e. The molecule has 160 valence electrons. The van der Waals surface area contributed by atoms with Crippen LogP contribution in [0.15, 0.2) is 24.3 Å². The minimum Gasteiger partial charge on any atom is -0.436 e. The Kier molecular flexibility index (Phi) is 9.13. The average Bonchev–Trinajstić information content (AvgIpc) is 2.49. The van der Waals surface area contributed by atoms with Crippen molar-refractivity contribution in [2.75, 3.05) is 0 Å². The molecule has 2 N–H and O–H groups in total. The third-order valence-corrected chi connectivity index (χ3v) is 19.9. The molecule has 0 fully saturated rings. The highest BCUT2D eigenvalue weighted by molar-refractivity contribution is 6.93. The summed E-state index contributed by atoms with van der Waals surface area (Å²) in [6.07, 6.45) is 2.40. The SMILES string of the molecule is CCCC[Si](C)(C)O[Si](C)(C)O[Si](C)(C)O[Si](C)(C)c1ccc(B(O)O)cc1. The second-order valence-corrected chi connectivity index (χ2v) is 25.1. The van der Waals surface area contributed by atoms with Gasteiger partial charge in [0.05, 0.1) is 0 Å². The molecule has 0 atom stereocenters. The molecule has 1 aromatic rings. The highest BCUT2D eigenvalue weighted by Crippen LogP contribution is 2.26. The van der Waals surface area contributed by atoms with Crippen molar-refractivity contribution in [2.45, 2.75) is 78.2 Å². The Bertz CT molecular complexity index is 621. The van der Waals surface area contributed by atoms with Gasteiger partial charge in [-0.15, -0.1) is 0 Å². The lowest BCUT2D eigenvalue weighted by molar-refractivity contribution is 0.330. The first-order chi connectivity index (χ1) is 12.6. The van der Waals surface area contributed by atoms with Crippen molar-refractivity contribution in [2.24, 2.45) is 0 Å². The van der Waals surface area contributed by atoms with Gasteiger partial charge in [-0.2, -0.15) is 0 Å². The van der Waals surface area contributed by atoms with Crippen molar-refractivity contribution >= 4 is 51.5 Å².